The van der Waals surface area contributed by atoms with Crippen LogP contribution in [0.2, 0.25) is 0 Å². The molecule has 0 aromatic carbocycles. The van der Waals surface area contributed by atoms with Crippen LogP contribution < -0.4 is 16.8 Å². The van der Waals surface area contributed by atoms with E-state index in [9.17, 15) is 4.79 Å². The molecule has 0 bridgehead atoms. The van der Waals surface area contributed by atoms with Gasteiger partial charge in [-0.1, -0.05) is 40.0 Å². The monoisotopic (exact) mass is 284 g/mol. The number of nitrogens with two attached hydrogens (primary N) is 2. The maximum absolute atomic E-state index is 11.3. The van der Waals surface area contributed by atoms with Gasteiger partial charge < -0.3 is 16.8 Å². The summed E-state index contributed by atoms with van der Waals surface area (Å²) in [7, 11) is 0. The molecule has 0 aliphatic heterocycles. The number of carbonyl (C=O) groups is 1. The molecule has 19 heavy (non-hydrogen) atoms. The lowest BCUT2D eigenvalue weighted by molar-refractivity contribution is 0.100. The molecule has 1 amide bonds. The van der Waals surface area contributed by atoms with Gasteiger partial charge >= 0.3 is 0 Å². The predicted octanol–water partition coefficient (Wildman–Crippen LogP) is 2.84. The molecule has 5 N–H and O–H groups in total. The Bertz CT molecular complexity index is 428. The summed E-state index contributed by atoms with van der Waals surface area (Å²) >= 11 is 1.19. The van der Waals surface area contributed by atoms with Crippen molar-refractivity contribution in [2.24, 2.45) is 11.1 Å². The van der Waals surface area contributed by atoms with Crippen LogP contribution in [0.4, 0.5) is 10.8 Å². The first-order valence-electron chi connectivity index (χ1n) is 6.66. The molecule has 0 saturated heterocycles. The SMILES string of the molecule is CCCCCC(C)(C)CNc1snc(N)c1C(N)=O. The Hall–Kier alpha value is -1.30. The maximum Gasteiger partial charge on any atom is 0.255 e. The number of hydrogen-bond donors (Lipinski definition) is 3. The average Bonchev–Trinajstić information content (AvgIpc) is 2.68. The molecule has 0 saturated carbocycles. The molecule has 1 aromatic heterocycles. The molecule has 0 fully saturated rings. The van der Waals surface area contributed by atoms with Crippen LogP contribution >= 0.6 is 11.5 Å². The van der Waals surface area contributed by atoms with E-state index >= 15 is 0 Å². The molecule has 0 spiro atoms. The summed E-state index contributed by atoms with van der Waals surface area (Å²) in [6, 6.07) is 0. The van der Waals surface area contributed by atoms with E-state index in [1.807, 2.05) is 0 Å². The fraction of sp³-hybridized carbons (Fsp3) is 0.692. The van der Waals surface area contributed by atoms with Gasteiger partial charge in [0.05, 0.1) is 0 Å². The fourth-order valence-corrected chi connectivity index (χ4v) is 2.64. The molecular formula is C13H24N4OS. The van der Waals surface area contributed by atoms with Gasteiger partial charge in [-0.15, -0.1) is 0 Å². The van der Waals surface area contributed by atoms with Crippen molar-refractivity contribution in [3.8, 4) is 0 Å². The van der Waals surface area contributed by atoms with Crippen molar-refractivity contribution in [3.05, 3.63) is 5.56 Å². The highest BCUT2D eigenvalue weighted by molar-refractivity contribution is 7.11. The summed E-state index contributed by atoms with van der Waals surface area (Å²) in [5.74, 6) is -0.318. The van der Waals surface area contributed by atoms with Crippen molar-refractivity contribution >= 4 is 28.3 Å². The van der Waals surface area contributed by atoms with Crippen LogP contribution in [-0.4, -0.2) is 16.8 Å². The zero-order valence-electron chi connectivity index (χ0n) is 12.0. The topological polar surface area (TPSA) is 94.0 Å². The number of anilines is 2. The van der Waals surface area contributed by atoms with Crippen molar-refractivity contribution in [2.75, 3.05) is 17.6 Å². The van der Waals surface area contributed by atoms with Crippen molar-refractivity contribution in [3.63, 3.8) is 0 Å². The minimum atomic E-state index is -0.530. The van der Waals surface area contributed by atoms with Gasteiger partial charge in [0.2, 0.25) is 0 Å². The predicted molar refractivity (Wildman–Crippen MR) is 81.5 cm³/mol. The number of aromatic nitrogens is 1. The van der Waals surface area contributed by atoms with Gasteiger partial charge in [-0.3, -0.25) is 4.79 Å². The Morgan fingerprint density at radius 2 is 2.11 bits per heavy atom. The van der Waals surface area contributed by atoms with Crippen LogP contribution in [-0.2, 0) is 0 Å². The first kappa shape index (κ1) is 15.8. The van der Waals surface area contributed by atoms with Gasteiger partial charge in [0.1, 0.15) is 10.6 Å². The summed E-state index contributed by atoms with van der Waals surface area (Å²) < 4.78 is 3.97. The number of nitrogens with zero attached hydrogens (tertiary/aromatic N) is 1. The van der Waals surface area contributed by atoms with Gasteiger partial charge in [0.25, 0.3) is 5.91 Å². The molecule has 6 heteroatoms. The molecule has 1 aromatic rings. The molecule has 108 valence electrons. The highest BCUT2D eigenvalue weighted by atomic mass is 32.1. The third-order valence-corrected chi connectivity index (χ3v) is 3.97. The second-order valence-electron chi connectivity index (χ2n) is 5.61. The first-order chi connectivity index (χ1) is 8.87. The zero-order chi connectivity index (χ0) is 14.5. The van der Waals surface area contributed by atoms with Crippen molar-refractivity contribution in [1.82, 2.24) is 4.37 Å². The van der Waals surface area contributed by atoms with E-state index in [1.54, 1.807) is 0 Å². The van der Waals surface area contributed by atoms with Crippen LogP contribution in [0.3, 0.4) is 0 Å². The maximum atomic E-state index is 11.3. The largest absolute Gasteiger partial charge is 0.382 e. The number of amides is 1. The summed E-state index contributed by atoms with van der Waals surface area (Å²) in [5, 5.41) is 3.93. The minimum Gasteiger partial charge on any atom is -0.382 e. The average molecular weight is 284 g/mol. The number of rotatable bonds is 8. The normalized spacial score (nSPS) is 11.5. The fourth-order valence-electron chi connectivity index (χ4n) is 1.92. The number of nitrogens with one attached hydrogen (secondary N) is 1. The Morgan fingerprint density at radius 1 is 1.42 bits per heavy atom. The van der Waals surface area contributed by atoms with Crippen LogP contribution in [0.5, 0.6) is 0 Å². The van der Waals surface area contributed by atoms with Crippen LogP contribution in [0.1, 0.15) is 56.8 Å². The Balaban J connectivity index is 2.59. The van der Waals surface area contributed by atoms with Crippen molar-refractivity contribution < 1.29 is 4.79 Å². The summed E-state index contributed by atoms with van der Waals surface area (Å²) in [6.07, 6.45) is 4.84. The van der Waals surface area contributed by atoms with Gasteiger partial charge in [-0.05, 0) is 23.4 Å². The van der Waals surface area contributed by atoms with E-state index in [0.29, 0.717) is 10.6 Å². The van der Waals surface area contributed by atoms with E-state index < -0.39 is 5.91 Å². The summed E-state index contributed by atoms with van der Waals surface area (Å²) in [6.45, 7) is 7.40. The molecule has 5 nitrogen and oxygen atoms in total. The molecule has 0 unspecified atom stereocenters. The van der Waals surface area contributed by atoms with Gasteiger partial charge in [-0.25, -0.2) is 0 Å². The quantitative estimate of drug-likeness (QED) is 0.640. The number of primary amides is 1. The minimum absolute atomic E-state index is 0.169. The summed E-state index contributed by atoms with van der Waals surface area (Å²) in [4.78, 5) is 11.3. The van der Waals surface area contributed by atoms with E-state index in [-0.39, 0.29) is 11.2 Å². The number of unbranched alkanes of at least 4 members (excludes halogenated alkanes) is 2. The third kappa shape index (κ3) is 4.70. The van der Waals surface area contributed by atoms with Gasteiger partial charge in [0, 0.05) is 6.54 Å². The van der Waals surface area contributed by atoms with Gasteiger partial charge in [-0.2, -0.15) is 4.37 Å². The van der Waals surface area contributed by atoms with Crippen molar-refractivity contribution in [2.45, 2.75) is 46.5 Å². The molecule has 0 aliphatic rings. The Labute approximate surface area is 118 Å². The highest BCUT2D eigenvalue weighted by Gasteiger charge is 2.21. The molecular weight excluding hydrogens is 260 g/mol. The second-order valence-corrected chi connectivity index (χ2v) is 6.38. The summed E-state index contributed by atoms with van der Waals surface area (Å²) in [5.41, 5.74) is 11.4. The molecule has 1 heterocycles. The number of carbonyl (C=O) groups excluding carboxylic acids is 1. The van der Waals surface area contributed by atoms with E-state index in [4.69, 9.17) is 11.5 Å². The van der Waals surface area contributed by atoms with Crippen LogP contribution in [0.15, 0.2) is 0 Å². The lowest BCUT2D eigenvalue weighted by Crippen LogP contribution is -2.24. The Kier molecular flexibility index (Phi) is 5.60. The van der Waals surface area contributed by atoms with E-state index in [0.717, 1.165) is 13.0 Å². The first-order valence-corrected chi connectivity index (χ1v) is 7.43. The van der Waals surface area contributed by atoms with Crippen LogP contribution in [0, 0.1) is 5.41 Å². The number of nitrogen functional groups attached to an aromatic ring is 1. The highest BCUT2D eigenvalue weighted by Crippen LogP contribution is 2.29. The number of hydrogen-bond acceptors (Lipinski definition) is 5. The Morgan fingerprint density at radius 3 is 2.68 bits per heavy atom. The van der Waals surface area contributed by atoms with E-state index in [1.165, 1.54) is 30.8 Å². The standard InChI is InChI=1S/C13H24N4OS/c1-4-5-6-7-13(2,3)8-16-12-9(11(15)18)10(14)17-19-12/h16H,4-8H2,1-3H3,(H2,14,17)(H2,15,18). The molecule has 0 atom stereocenters. The van der Waals surface area contributed by atoms with Gasteiger partial charge in [0.15, 0.2) is 5.82 Å². The lowest BCUT2D eigenvalue weighted by Gasteiger charge is -2.25. The smallest absolute Gasteiger partial charge is 0.255 e. The molecule has 0 aliphatic carbocycles. The molecule has 0 radical (unpaired) electrons. The van der Waals surface area contributed by atoms with E-state index in [2.05, 4.69) is 30.5 Å². The van der Waals surface area contributed by atoms with Crippen molar-refractivity contribution in [1.29, 1.82) is 0 Å². The molecule has 1 rings (SSSR count). The van der Waals surface area contributed by atoms with Crippen LogP contribution in [0.25, 0.3) is 0 Å². The third-order valence-electron chi connectivity index (χ3n) is 3.15. The zero-order valence-corrected chi connectivity index (χ0v) is 12.8. The second kappa shape index (κ2) is 6.75. The lowest BCUT2D eigenvalue weighted by atomic mass is 9.87.